The van der Waals surface area contributed by atoms with Gasteiger partial charge in [0.15, 0.2) is 5.69 Å². The van der Waals surface area contributed by atoms with E-state index < -0.39 is 28.6 Å². The van der Waals surface area contributed by atoms with E-state index in [-0.39, 0.29) is 35.9 Å². The number of benzene rings is 1. The lowest BCUT2D eigenvalue weighted by atomic mass is 10.1. The van der Waals surface area contributed by atoms with Gasteiger partial charge in [-0.1, -0.05) is 23.2 Å². The first-order valence-corrected chi connectivity index (χ1v) is 10.5. The molecule has 3 rings (SSSR count). The van der Waals surface area contributed by atoms with Crippen LogP contribution in [0.1, 0.15) is 21.7 Å². The second-order valence-electron chi connectivity index (χ2n) is 7.28. The molecule has 0 spiro atoms. The maximum Gasteiger partial charge on any atom is 0.436 e. The zero-order chi connectivity index (χ0) is 24.5. The Bertz CT molecular complexity index is 1100. The van der Waals surface area contributed by atoms with Crippen molar-refractivity contribution in [1.29, 1.82) is 5.41 Å². The molecule has 1 saturated heterocycles. The monoisotopic (exact) mass is 505 g/mol. The molecule has 0 saturated carbocycles. The Hall–Kier alpha value is -2.79. The SMILES string of the molecule is COc1cc(N2CCN(C(=O)Cn3nc(C(F)(F)F)c(Cl)c3C)CC2)c(C(=O)C=N)cc1Cl. The van der Waals surface area contributed by atoms with Gasteiger partial charge in [0, 0.05) is 37.8 Å². The first-order valence-electron chi connectivity index (χ1n) is 9.73. The number of ether oxygens (including phenoxy) is 1. The fourth-order valence-corrected chi connectivity index (χ4v) is 4.00. The van der Waals surface area contributed by atoms with Crippen LogP contribution < -0.4 is 9.64 Å². The number of alkyl halides is 3. The number of amides is 1. The molecule has 0 bridgehead atoms. The highest BCUT2D eigenvalue weighted by atomic mass is 35.5. The van der Waals surface area contributed by atoms with E-state index in [2.05, 4.69) is 5.10 Å². The minimum Gasteiger partial charge on any atom is -0.495 e. The fourth-order valence-electron chi connectivity index (χ4n) is 3.52. The molecular weight excluding hydrogens is 486 g/mol. The third-order valence-electron chi connectivity index (χ3n) is 5.33. The van der Waals surface area contributed by atoms with Gasteiger partial charge in [-0.25, -0.2) is 0 Å². The molecule has 0 radical (unpaired) electrons. The number of nitrogens with one attached hydrogen (secondary N) is 1. The van der Waals surface area contributed by atoms with E-state index in [1.165, 1.54) is 25.0 Å². The molecule has 1 amide bonds. The molecule has 1 fully saturated rings. The maximum absolute atomic E-state index is 13.0. The Balaban J connectivity index is 1.74. The number of anilines is 1. The number of carbonyl (C=O) groups excluding carboxylic acids is 2. The largest absolute Gasteiger partial charge is 0.495 e. The van der Waals surface area contributed by atoms with E-state index in [1.807, 2.05) is 4.90 Å². The van der Waals surface area contributed by atoms with E-state index in [0.717, 1.165) is 4.68 Å². The Morgan fingerprint density at radius 1 is 1.21 bits per heavy atom. The quantitative estimate of drug-likeness (QED) is 0.477. The second-order valence-corrected chi connectivity index (χ2v) is 8.07. The maximum atomic E-state index is 13.0. The molecule has 8 nitrogen and oxygen atoms in total. The summed E-state index contributed by atoms with van der Waals surface area (Å²) in [4.78, 5) is 28.3. The number of carbonyl (C=O) groups is 2. The highest BCUT2D eigenvalue weighted by Gasteiger charge is 2.38. The van der Waals surface area contributed by atoms with Crippen molar-refractivity contribution in [3.63, 3.8) is 0 Å². The summed E-state index contributed by atoms with van der Waals surface area (Å²) >= 11 is 11.9. The second kappa shape index (κ2) is 9.60. The predicted octanol–water partition coefficient (Wildman–Crippen LogP) is 3.71. The minimum absolute atomic E-state index is 0.0547. The van der Waals surface area contributed by atoms with Crippen LogP contribution in [0, 0.1) is 12.3 Å². The van der Waals surface area contributed by atoms with Gasteiger partial charge in [-0.05, 0) is 13.0 Å². The number of hydrogen-bond acceptors (Lipinski definition) is 6. The molecule has 33 heavy (non-hydrogen) atoms. The zero-order valence-corrected chi connectivity index (χ0v) is 19.2. The van der Waals surface area contributed by atoms with Crippen LogP contribution in [0.4, 0.5) is 18.9 Å². The molecule has 1 aromatic heterocycles. The number of ketones is 1. The summed E-state index contributed by atoms with van der Waals surface area (Å²) in [7, 11) is 1.44. The van der Waals surface area contributed by atoms with Crippen LogP contribution in [-0.2, 0) is 17.5 Å². The average molecular weight is 506 g/mol. The third kappa shape index (κ3) is 5.09. The number of nitrogens with zero attached hydrogens (tertiary/aromatic N) is 4. The van der Waals surface area contributed by atoms with Gasteiger partial charge in [-0.3, -0.25) is 14.3 Å². The van der Waals surface area contributed by atoms with E-state index >= 15 is 0 Å². The van der Waals surface area contributed by atoms with Gasteiger partial charge in [-0.15, -0.1) is 0 Å². The summed E-state index contributed by atoms with van der Waals surface area (Å²) in [5, 5.41) is 10.4. The van der Waals surface area contributed by atoms with Crippen molar-refractivity contribution in [1.82, 2.24) is 14.7 Å². The minimum atomic E-state index is -4.72. The molecule has 1 aromatic carbocycles. The molecule has 2 aromatic rings. The molecule has 2 heterocycles. The predicted molar refractivity (Wildman–Crippen MR) is 117 cm³/mol. The number of halogens is 5. The van der Waals surface area contributed by atoms with Crippen molar-refractivity contribution >= 4 is 46.8 Å². The Labute approximate surface area is 197 Å². The molecule has 0 atom stereocenters. The summed E-state index contributed by atoms with van der Waals surface area (Å²) in [6.07, 6.45) is -4.03. The summed E-state index contributed by atoms with van der Waals surface area (Å²) in [6.45, 7) is 2.22. The van der Waals surface area contributed by atoms with Gasteiger partial charge in [0.25, 0.3) is 0 Å². The highest BCUT2D eigenvalue weighted by molar-refractivity contribution is 6.38. The van der Waals surface area contributed by atoms with Crippen LogP contribution in [0.25, 0.3) is 0 Å². The first kappa shape index (κ1) is 24.8. The normalized spacial score (nSPS) is 14.4. The van der Waals surface area contributed by atoms with Crippen LogP contribution in [0.2, 0.25) is 10.0 Å². The van der Waals surface area contributed by atoms with Crippen molar-refractivity contribution in [2.24, 2.45) is 0 Å². The molecule has 0 aliphatic carbocycles. The lowest BCUT2D eigenvalue weighted by Crippen LogP contribution is -2.50. The van der Waals surface area contributed by atoms with Crippen molar-refractivity contribution in [2.45, 2.75) is 19.6 Å². The number of rotatable bonds is 6. The Kier molecular flexibility index (Phi) is 7.23. The van der Waals surface area contributed by atoms with Crippen molar-refractivity contribution in [3.8, 4) is 5.75 Å². The van der Waals surface area contributed by atoms with E-state index in [9.17, 15) is 22.8 Å². The Morgan fingerprint density at radius 3 is 2.36 bits per heavy atom. The summed E-state index contributed by atoms with van der Waals surface area (Å²) in [5.74, 6) is -0.576. The van der Waals surface area contributed by atoms with Crippen molar-refractivity contribution in [3.05, 3.63) is 39.1 Å². The van der Waals surface area contributed by atoms with Crippen LogP contribution >= 0.6 is 23.2 Å². The van der Waals surface area contributed by atoms with E-state index in [0.29, 0.717) is 30.7 Å². The van der Waals surface area contributed by atoms with Gasteiger partial charge < -0.3 is 19.9 Å². The highest BCUT2D eigenvalue weighted by Crippen LogP contribution is 2.36. The van der Waals surface area contributed by atoms with Crippen LogP contribution in [0.15, 0.2) is 12.1 Å². The van der Waals surface area contributed by atoms with Crippen LogP contribution in [0.5, 0.6) is 5.75 Å². The summed E-state index contributed by atoms with van der Waals surface area (Å²) in [5.41, 5.74) is -0.420. The number of piperazine rings is 1. The third-order valence-corrected chi connectivity index (χ3v) is 6.07. The van der Waals surface area contributed by atoms with Gasteiger partial charge in [0.1, 0.15) is 12.3 Å². The van der Waals surface area contributed by atoms with E-state index in [1.54, 1.807) is 6.07 Å². The van der Waals surface area contributed by atoms with Gasteiger partial charge in [-0.2, -0.15) is 18.3 Å². The van der Waals surface area contributed by atoms with E-state index in [4.69, 9.17) is 33.3 Å². The Morgan fingerprint density at radius 2 is 1.85 bits per heavy atom. The average Bonchev–Trinajstić information content (AvgIpc) is 3.07. The molecule has 1 N–H and O–H groups in total. The molecule has 178 valence electrons. The van der Waals surface area contributed by atoms with Crippen LogP contribution in [-0.4, -0.2) is 65.9 Å². The van der Waals surface area contributed by atoms with Gasteiger partial charge in [0.2, 0.25) is 11.7 Å². The molecular formula is C20H20Cl2F3N5O3. The molecule has 0 unspecified atom stereocenters. The van der Waals surface area contributed by atoms with Gasteiger partial charge in [0.05, 0.1) is 34.8 Å². The smallest absolute Gasteiger partial charge is 0.436 e. The standard InChI is InChI=1S/C20H20Cl2F3N5O3/c1-11-18(22)19(20(23,24)25)27-30(11)10-17(32)29-5-3-28(4-6-29)14-8-16(33-2)13(21)7-12(14)15(31)9-26/h7-9,26H,3-6,10H2,1-2H3. The zero-order valence-electron chi connectivity index (χ0n) is 17.7. The van der Waals surface area contributed by atoms with Crippen LogP contribution in [0.3, 0.4) is 0 Å². The summed E-state index contributed by atoms with van der Waals surface area (Å²) in [6, 6.07) is 3.04. The molecule has 13 heteroatoms. The van der Waals surface area contributed by atoms with Crippen molar-refractivity contribution < 1.29 is 27.5 Å². The lowest BCUT2D eigenvalue weighted by Gasteiger charge is -2.37. The fraction of sp³-hybridized carbons (Fsp3) is 0.400. The van der Waals surface area contributed by atoms with Crippen molar-refractivity contribution in [2.75, 3.05) is 38.2 Å². The van der Waals surface area contributed by atoms with Gasteiger partial charge >= 0.3 is 6.18 Å². The lowest BCUT2D eigenvalue weighted by molar-refractivity contribution is -0.142. The number of methoxy groups -OCH3 is 1. The molecule has 1 aliphatic heterocycles. The first-order chi connectivity index (χ1) is 15.5. The summed E-state index contributed by atoms with van der Waals surface area (Å²) < 4.78 is 45.2. The number of hydrogen-bond donors (Lipinski definition) is 1. The number of aromatic nitrogens is 2. The molecule has 1 aliphatic rings. The topological polar surface area (TPSA) is 91.5 Å². The number of Topliss-reactive ketones (excluding diaryl/α,β-unsaturated/α-hetero) is 1.